The molecule has 4 rings (SSSR count). The van der Waals surface area contributed by atoms with Crippen LogP contribution < -0.4 is 5.32 Å². The van der Waals surface area contributed by atoms with Crippen LogP contribution >= 0.6 is 0 Å². The van der Waals surface area contributed by atoms with Crippen LogP contribution in [-0.4, -0.2) is 35.7 Å². The summed E-state index contributed by atoms with van der Waals surface area (Å²) < 4.78 is 31.3. The molecule has 0 aromatic heterocycles. The normalized spacial score (nSPS) is 23.0. The first-order valence-corrected chi connectivity index (χ1v) is 10.1. The molecule has 0 spiro atoms. The molecule has 158 valence electrons. The number of ether oxygens (including phenoxy) is 1. The van der Waals surface area contributed by atoms with Gasteiger partial charge in [-0.3, -0.25) is 0 Å². The summed E-state index contributed by atoms with van der Waals surface area (Å²) in [6.45, 7) is 0.0647. The second kappa shape index (κ2) is 8.05. The number of carboxylic acids is 1. The summed E-state index contributed by atoms with van der Waals surface area (Å²) in [4.78, 5) is 24.3. The third-order valence-corrected chi connectivity index (χ3v) is 6.33. The zero-order valence-corrected chi connectivity index (χ0v) is 16.3. The second-order valence-corrected chi connectivity index (χ2v) is 8.01. The maximum Gasteiger partial charge on any atom is 0.408 e. The molecule has 2 aliphatic rings. The van der Waals surface area contributed by atoms with Gasteiger partial charge in [0.15, 0.2) is 0 Å². The Morgan fingerprint density at radius 2 is 1.57 bits per heavy atom. The quantitative estimate of drug-likeness (QED) is 0.735. The van der Waals surface area contributed by atoms with Crippen LogP contribution in [0.3, 0.4) is 0 Å². The highest BCUT2D eigenvalue weighted by Gasteiger charge is 2.45. The standard InChI is InChI=1S/C23H23F2NO4/c24-20(25)14-9-11-23(12-10-14,21(27)28)26-22(29)30-13-19-17-7-3-1-5-15(17)16-6-2-4-8-18(16)19/h1-8,14,19-20H,9-13H2,(H,26,29)(H,27,28). The van der Waals surface area contributed by atoms with Gasteiger partial charge in [0.2, 0.25) is 6.43 Å². The van der Waals surface area contributed by atoms with Crippen LogP contribution in [0.2, 0.25) is 0 Å². The number of hydrogen-bond acceptors (Lipinski definition) is 3. The van der Waals surface area contributed by atoms with E-state index < -0.39 is 29.9 Å². The van der Waals surface area contributed by atoms with Crippen molar-refractivity contribution in [2.24, 2.45) is 5.92 Å². The molecule has 1 amide bonds. The summed E-state index contributed by atoms with van der Waals surface area (Å²) >= 11 is 0. The Bertz CT molecular complexity index is 908. The molecule has 0 unspecified atom stereocenters. The molecule has 0 radical (unpaired) electrons. The molecular formula is C23H23F2NO4. The number of nitrogens with one attached hydrogen (secondary N) is 1. The minimum Gasteiger partial charge on any atom is -0.480 e. The number of hydrogen-bond donors (Lipinski definition) is 2. The van der Waals surface area contributed by atoms with Gasteiger partial charge in [-0.15, -0.1) is 0 Å². The van der Waals surface area contributed by atoms with Crippen molar-refractivity contribution in [2.45, 2.75) is 43.6 Å². The molecule has 7 heteroatoms. The topological polar surface area (TPSA) is 75.6 Å². The predicted molar refractivity (Wildman–Crippen MR) is 107 cm³/mol. The van der Waals surface area contributed by atoms with Crippen molar-refractivity contribution in [3.05, 3.63) is 59.7 Å². The molecule has 2 N–H and O–H groups in total. The third-order valence-electron chi connectivity index (χ3n) is 6.33. The molecule has 0 saturated heterocycles. The van der Waals surface area contributed by atoms with Gasteiger partial charge in [-0.1, -0.05) is 48.5 Å². The highest BCUT2D eigenvalue weighted by molar-refractivity contribution is 5.84. The van der Waals surface area contributed by atoms with Crippen LogP contribution in [-0.2, 0) is 9.53 Å². The fourth-order valence-corrected chi connectivity index (χ4v) is 4.61. The van der Waals surface area contributed by atoms with Crippen LogP contribution in [0.5, 0.6) is 0 Å². The number of alkyl halides is 2. The van der Waals surface area contributed by atoms with Gasteiger partial charge in [-0.25, -0.2) is 18.4 Å². The van der Waals surface area contributed by atoms with E-state index in [9.17, 15) is 23.5 Å². The number of carbonyl (C=O) groups excluding carboxylic acids is 1. The van der Waals surface area contributed by atoms with Crippen molar-refractivity contribution >= 4 is 12.1 Å². The molecule has 30 heavy (non-hydrogen) atoms. The molecule has 0 atom stereocenters. The first kappa shape index (κ1) is 20.3. The van der Waals surface area contributed by atoms with Crippen molar-refractivity contribution in [3.8, 4) is 11.1 Å². The number of fused-ring (bicyclic) bond motifs is 3. The Hall–Kier alpha value is -2.96. The molecule has 2 aromatic carbocycles. The van der Waals surface area contributed by atoms with E-state index >= 15 is 0 Å². The molecule has 1 saturated carbocycles. The maximum absolute atomic E-state index is 12.9. The van der Waals surface area contributed by atoms with E-state index in [2.05, 4.69) is 5.32 Å². The Balaban J connectivity index is 1.44. The van der Waals surface area contributed by atoms with Gasteiger partial charge in [0.05, 0.1) is 0 Å². The van der Waals surface area contributed by atoms with E-state index in [1.807, 2.05) is 48.5 Å². The zero-order chi connectivity index (χ0) is 21.3. The lowest BCUT2D eigenvalue weighted by Crippen LogP contribution is -2.56. The highest BCUT2D eigenvalue weighted by Crippen LogP contribution is 2.44. The molecule has 5 nitrogen and oxygen atoms in total. The van der Waals surface area contributed by atoms with E-state index in [1.54, 1.807) is 0 Å². The maximum atomic E-state index is 12.9. The van der Waals surface area contributed by atoms with Gasteiger partial charge in [0.1, 0.15) is 12.1 Å². The van der Waals surface area contributed by atoms with Crippen LogP contribution in [0.4, 0.5) is 13.6 Å². The number of benzene rings is 2. The average Bonchev–Trinajstić information content (AvgIpc) is 3.06. The van der Waals surface area contributed by atoms with Crippen molar-refractivity contribution in [3.63, 3.8) is 0 Å². The Morgan fingerprint density at radius 3 is 2.07 bits per heavy atom. The number of carbonyl (C=O) groups is 2. The van der Waals surface area contributed by atoms with Gasteiger partial charge < -0.3 is 15.2 Å². The van der Waals surface area contributed by atoms with Gasteiger partial charge in [0, 0.05) is 11.8 Å². The molecule has 0 aliphatic heterocycles. The van der Waals surface area contributed by atoms with Crippen molar-refractivity contribution in [2.75, 3.05) is 6.61 Å². The molecule has 2 aliphatic carbocycles. The summed E-state index contributed by atoms with van der Waals surface area (Å²) in [6, 6.07) is 15.8. The summed E-state index contributed by atoms with van der Waals surface area (Å²) in [5, 5.41) is 12.1. The lowest BCUT2D eigenvalue weighted by molar-refractivity contribution is -0.147. The largest absolute Gasteiger partial charge is 0.480 e. The SMILES string of the molecule is O=C(NC1(C(=O)O)CCC(C(F)F)CC1)OCC1c2ccccc2-c2ccccc21. The number of alkyl carbamates (subject to hydrolysis) is 1. The van der Waals surface area contributed by atoms with Crippen LogP contribution in [0.25, 0.3) is 11.1 Å². The van der Waals surface area contributed by atoms with Gasteiger partial charge in [-0.2, -0.15) is 0 Å². The van der Waals surface area contributed by atoms with Crippen molar-refractivity contribution in [1.82, 2.24) is 5.32 Å². The lowest BCUT2D eigenvalue weighted by Gasteiger charge is -2.36. The summed E-state index contributed by atoms with van der Waals surface area (Å²) in [5.41, 5.74) is 2.73. The molecule has 1 fully saturated rings. The van der Waals surface area contributed by atoms with E-state index in [4.69, 9.17) is 4.74 Å². The monoisotopic (exact) mass is 415 g/mol. The van der Waals surface area contributed by atoms with E-state index in [0.29, 0.717) is 0 Å². The summed E-state index contributed by atoms with van der Waals surface area (Å²) in [7, 11) is 0. The fraction of sp³-hybridized carbons (Fsp3) is 0.391. The molecule has 0 bridgehead atoms. The van der Waals surface area contributed by atoms with Crippen LogP contribution in [0.15, 0.2) is 48.5 Å². The first-order chi connectivity index (χ1) is 14.4. The van der Waals surface area contributed by atoms with Gasteiger partial charge >= 0.3 is 12.1 Å². The number of amides is 1. The van der Waals surface area contributed by atoms with Crippen molar-refractivity contribution in [1.29, 1.82) is 0 Å². The minimum atomic E-state index is -2.48. The average molecular weight is 415 g/mol. The second-order valence-electron chi connectivity index (χ2n) is 8.01. The molecule has 0 heterocycles. The minimum absolute atomic E-state index is 0.0401. The number of aliphatic carboxylic acids is 1. The Morgan fingerprint density at radius 1 is 1.03 bits per heavy atom. The summed E-state index contributed by atoms with van der Waals surface area (Å²) in [6.07, 6.45) is -3.30. The number of carboxylic acid groups (broad SMARTS) is 1. The first-order valence-electron chi connectivity index (χ1n) is 10.1. The lowest BCUT2D eigenvalue weighted by atomic mass is 9.76. The van der Waals surface area contributed by atoms with E-state index in [-0.39, 0.29) is 38.2 Å². The van der Waals surface area contributed by atoms with E-state index in [1.165, 1.54) is 0 Å². The van der Waals surface area contributed by atoms with Gasteiger partial charge in [-0.05, 0) is 47.9 Å². The number of rotatable bonds is 5. The van der Waals surface area contributed by atoms with E-state index in [0.717, 1.165) is 22.3 Å². The van der Waals surface area contributed by atoms with Crippen LogP contribution in [0.1, 0.15) is 42.7 Å². The number of halogens is 2. The smallest absolute Gasteiger partial charge is 0.408 e. The van der Waals surface area contributed by atoms with Gasteiger partial charge in [0.25, 0.3) is 0 Å². The molecule has 2 aromatic rings. The highest BCUT2D eigenvalue weighted by atomic mass is 19.3. The molecular weight excluding hydrogens is 392 g/mol. The fourth-order valence-electron chi connectivity index (χ4n) is 4.61. The predicted octanol–water partition coefficient (Wildman–Crippen LogP) is 4.80. The zero-order valence-electron chi connectivity index (χ0n) is 16.3. The third kappa shape index (κ3) is 3.64. The summed E-state index contributed by atoms with van der Waals surface area (Å²) in [5.74, 6) is -2.19. The Kier molecular flexibility index (Phi) is 5.45. The van der Waals surface area contributed by atoms with Crippen LogP contribution in [0, 0.1) is 5.92 Å². The Labute approximate surface area is 173 Å². The van der Waals surface area contributed by atoms with Crippen molar-refractivity contribution < 1.29 is 28.2 Å².